The van der Waals surface area contributed by atoms with E-state index >= 15 is 0 Å². The summed E-state index contributed by atoms with van der Waals surface area (Å²) in [7, 11) is 0. The van der Waals surface area contributed by atoms with Gasteiger partial charge in [-0.15, -0.1) is 0 Å². The second-order valence-corrected chi connectivity index (χ2v) is 5.65. The van der Waals surface area contributed by atoms with Gasteiger partial charge in [0.2, 0.25) is 0 Å². The summed E-state index contributed by atoms with van der Waals surface area (Å²) in [5.74, 6) is -0.354. The molecule has 3 atom stereocenters. The van der Waals surface area contributed by atoms with Crippen LogP contribution in [0.5, 0.6) is 0 Å². The Labute approximate surface area is 117 Å². The Balaban J connectivity index is 2.08. The average molecular weight is 276 g/mol. The molecule has 1 fully saturated rings. The number of nitrogens with one attached hydrogen (secondary N) is 1. The predicted molar refractivity (Wildman–Crippen MR) is 71.5 cm³/mol. The lowest BCUT2D eigenvalue weighted by Crippen LogP contribution is -2.40. The average Bonchev–Trinajstić information content (AvgIpc) is 2.65. The first-order chi connectivity index (χ1) is 9.50. The third kappa shape index (κ3) is 1.80. The van der Waals surface area contributed by atoms with Gasteiger partial charge in [0.25, 0.3) is 5.91 Å². The van der Waals surface area contributed by atoms with Crippen LogP contribution in [0.4, 0.5) is 9.18 Å². The minimum Gasteiger partial charge on any atom is -0.326 e. The number of hydrogen-bond donors (Lipinski definition) is 1. The topological polar surface area (TPSA) is 49.4 Å². The summed E-state index contributed by atoms with van der Waals surface area (Å²) in [5.41, 5.74) is 1.40. The quantitative estimate of drug-likeness (QED) is 0.801. The summed E-state index contributed by atoms with van der Waals surface area (Å²) in [6.07, 6.45) is 1.42. The van der Waals surface area contributed by atoms with Crippen molar-refractivity contribution in [1.29, 1.82) is 0 Å². The molecule has 106 valence electrons. The van der Waals surface area contributed by atoms with Crippen LogP contribution < -0.4 is 5.32 Å². The molecule has 1 N–H and O–H groups in total. The van der Waals surface area contributed by atoms with Crippen LogP contribution in [-0.2, 0) is 11.2 Å². The van der Waals surface area contributed by atoms with Gasteiger partial charge >= 0.3 is 6.03 Å². The fourth-order valence-electron chi connectivity index (χ4n) is 3.23. The van der Waals surface area contributed by atoms with E-state index in [0.717, 1.165) is 12.0 Å². The number of halogens is 1. The van der Waals surface area contributed by atoms with Crippen molar-refractivity contribution in [3.05, 3.63) is 35.1 Å². The number of benzene rings is 1. The molecule has 3 rings (SSSR count). The molecule has 1 aliphatic carbocycles. The molecular weight excluding hydrogens is 259 g/mol. The zero-order chi connectivity index (χ0) is 14.4. The molecule has 1 aliphatic heterocycles. The van der Waals surface area contributed by atoms with E-state index in [1.165, 1.54) is 11.0 Å². The second-order valence-electron chi connectivity index (χ2n) is 5.65. The van der Waals surface area contributed by atoms with Crippen LogP contribution in [0.1, 0.15) is 37.4 Å². The number of carbonyl (C=O) groups is 2. The normalized spacial score (nSPS) is 29.4. The summed E-state index contributed by atoms with van der Waals surface area (Å²) < 4.78 is 13.9. The molecule has 0 saturated carbocycles. The van der Waals surface area contributed by atoms with E-state index in [-0.39, 0.29) is 29.7 Å². The van der Waals surface area contributed by atoms with Crippen molar-refractivity contribution in [2.75, 3.05) is 0 Å². The van der Waals surface area contributed by atoms with Crippen molar-refractivity contribution < 1.29 is 14.0 Å². The molecule has 20 heavy (non-hydrogen) atoms. The third-order valence-corrected chi connectivity index (χ3v) is 4.31. The highest BCUT2D eigenvalue weighted by Gasteiger charge is 2.44. The molecule has 1 aromatic rings. The van der Waals surface area contributed by atoms with Crippen LogP contribution in [0.2, 0.25) is 0 Å². The molecule has 0 unspecified atom stereocenters. The van der Waals surface area contributed by atoms with E-state index in [2.05, 4.69) is 5.32 Å². The van der Waals surface area contributed by atoms with Gasteiger partial charge in [0.1, 0.15) is 11.9 Å². The molecule has 0 bridgehead atoms. The summed E-state index contributed by atoms with van der Waals surface area (Å²) >= 11 is 0. The van der Waals surface area contributed by atoms with E-state index in [1.54, 1.807) is 13.0 Å². The van der Waals surface area contributed by atoms with Crippen molar-refractivity contribution in [3.8, 4) is 0 Å². The Bertz CT molecular complexity index is 587. The zero-order valence-electron chi connectivity index (χ0n) is 11.5. The molecule has 1 aromatic carbocycles. The van der Waals surface area contributed by atoms with Crippen molar-refractivity contribution >= 4 is 11.9 Å². The van der Waals surface area contributed by atoms with Crippen LogP contribution in [0.25, 0.3) is 0 Å². The highest BCUT2D eigenvalue weighted by atomic mass is 19.1. The van der Waals surface area contributed by atoms with Gasteiger partial charge < -0.3 is 5.32 Å². The highest BCUT2D eigenvalue weighted by molar-refractivity contribution is 6.04. The number of nitrogens with zero attached hydrogens (tertiary/aromatic N) is 1. The molecule has 1 heterocycles. The number of amides is 3. The van der Waals surface area contributed by atoms with Crippen molar-refractivity contribution in [3.63, 3.8) is 0 Å². The summed E-state index contributed by atoms with van der Waals surface area (Å²) in [4.78, 5) is 25.5. The fourth-order valence-corrected chi connectivity index (χ4v) is 3.23. The second kappa shape index (κ2) is 4.58. The van der Waals surface area contributed by atoms with E-state index in [0.29, 0.717) is 12.0 Å². The largest absolute Gasteiger partial charge is 0.326 e. The Morgan fingerprint density at radius 2 is 2.05 bits per heavy atom. The highest BCUT2D eigenvalue weighted by Crippen LogP contribution is 2.40. The standard InChI is InChI=1S/C15H17FN2O2/c1-8-6-7-10-11(4-3-5-12(10)16)13(8)18-14(19)9(2)17-15(18)20/h3-5,8-9,13H,6-7H2,1-2H3,(H,17,20)/t8-,9+,13-/m1/s1. The van der Waals surface area contributed by atoms with Crippen molar-refractivity contribution in [2.24, 2.45) is 5.92 Å². The maximum absolute atomic E-state index is 13.9. The fraction of sp³-hybridized carbons (Fsp3) is 0.467. The molecule has 5 heteroatoms. The first-order valence-electron chi connectivity index (χ1n) is 6.91. The van der Waals surface area contributed by atoms with Crippen molar-refractivity contribution in [1.82, 2.24) is 10.2 Å². The van der Waals surface area contributed by atoms with Crippen LogP contribution in [0.3, 0.4) is 0 Å². The number of imide groups is 1. The number of rotatable bonds is 1. The lowest BCUT2D eigenvalue weighted by Gasteiger charge is -2.36. The maximum atomic E-state index is 13.9. The minimum atomic E-state index is -0.506. The van der Waals surface area contributed by atoms with Crippen LogP contribution in [0.15, 0.2) is 18.2 Å². The Hall–Kier alpha value is -1.91. The summed E-state index contributed by atoms with van der Waals surface area (Å²) in [5, 5.41) is 2.62. The van der Waals surface area contributed by atoms with E-state index in [1.807, 2.05) is 13.0 Å². The number of urea groups is 1. The number of carbonyl (C=O) groups excluding carboxylic acids is 2. The predicted octanol–water partition coefficient (Wildman–Crippen LogP) is 2.39. The Morgan fingerprint density at radius 1 is 1.30 bits per heavy atom. The molecular formula is C15H17FN2O2. The van der Waals surface area contributed by atoms with E-state index < -0.39 is 6.04 Å². The molecule has 0 radical (unpaired) electrons. The molecule has 3 amide bonds. The molecule has 0 spiro atoms. The number of hydrogen-bond acceptors (Lipinski definition) is 2. The lowest BCUT2D eigenvalue weighted by atomic mass is 9.79. The van der Waals surface area contributed by atoms with Crippen LogP contribution in [-0.4, -0.2) is 22.9 Å². The first-order valence-corrected chi connectivity index (χ1v) is 6.91. The molecule has 4 nitrogen and oxygen atoms in total. The lowest BCUT2D eigenvalue weighted by molar-refractivity contribution is -0.129. The molecule has 0 aromatic heterocycles. The van der Waals surface area contributed by atoms with Gasteiger partial charge in [0.15, 0.2) is 0 Å². The van der Waals surface area contributed by atoms with Gasteiger partial charge in [-0.25, -0.2) is 9.18 Å². The van der Waals surface area contributed by atoms with Gasteiger partial charge in [-0.3, -0.25) is 9.69 Å². The van der Waals surface area contributed by atoms with Crippen molar-refractivity contribution in [2.45, 2.75) is 38.8 Å². The molecule has 1 saturated heterocycles. The summed E-state index contributed by atoms with van der Waals surface area (Å²) in [6, 6.07) is 3.64. The van der Waals surface area contributed by atoms with E-state index in [9.17, 15) is 14.0 Å². The van der Waals surface area contributed by atoms with Gasteiger partial charge in [-0.05, 0) is 42.9 Å². The third-order valence-electron chi connectivity index (χ3n) is 4.31. The van der Waals surface area contributed by atoms with E-state index in [4.69, 9.17) is 0 Å². The van der Waals surface area contributed by atoms with Gasteiger partial charge in [0, 0.05) is 0 Å². The zero-order valence-corrected chi connectivity index (χ0v) is 11.5. The Kier molecular flexibility index (Phi) is 3.00. The SMILES string of the molecule is C[C@@H]1NC(=O)N([C@H]2c3cccc(F)c3CC[C@H]2C)C1=O. The minimum absolute atomic E-state index is 0.129. The van der Waals surface area contributed by atoms with Gasteiger partial charge in [-0.2, -0.15) is 0 Å². The maximum Gasteiger partial charge on any atom is 0.325 e. The molecule has 2 aliphatic rings. The van der Waals surface area contributed by atoms with Gasteiger partial charge in [-0.1, -0.05) is 19.1 Å². The van der Waals surface area contributed by atoms with Crippen LogP contribution >= 0.6 is 0 Å². The monoisotopic (exact) mass is 276 g/mol. The van der Waals surface area contributed by atoms with Crippen LogP contribution in [0, 0.1) is 11.7 Å². The Morgan fingerprint density at radius 3 is 2.70 bits per heavy atom. The first kappa shape index (κ1) is 13.1. The van der Waals surface area contributed by atoms with Gasteiger partial charge in [0.05, 0.1) is 6.04 Å². The number of fused-ring (bicyclic) bond motifs is 1. The smallest absolute Gasteiger partial charge is 0.325 e. The summed E-state index contributed by atoms with van der Waals surface area (Å²) in [6.45, 7) is 3.67.